The number of nitrogens with one attached hydrogen (secondary N) is 1. The Morgan fingerprint density at radius 3 is 2.67 bits per heavy atom. The molecule has 3 atom stereocenters. The Kier molecular flexibility index (Phi) is 6.59. The first-order valence-corrected chi connectivity index (χ1v) is 8.91. The maximum atomic E-state index is 12.8. The van der Waals surface area contributed by atoms with Gasteiger partial charge in [0.25, 0.3) is 0 Å². The number of aliphatic carboxylic acids is 1. The third kappa shape index (κ3) is 3.84. The van der Waals surface area contributed by atoms with Crippen molar-refractivity contribution >= 4 is 30.0 Å². The maximum absolute atomic E-state index is 12.8. The molecule has 1 unspecified atom stereocenters. The first-order chi connectivity index (χ1) is 12.4. The van der Waals surface area contributed by atoms with Crippen molar-refractivity contribution < 1.29 is 24.2 Å². The van der Waals surface area contributed by atoms with Crippen LogP contribution in [0.25, 0.3) is 0 Å². The molecule has 1 aromatic rings. The number of methoxy groups -OCH3 is 2. The Bertz CT molecular complexity index is 713. The number of fused-ring (bicyclic) bond motifs is 1. The van der Waals surface area contributed by atoms with Crippen LogP contribution in [0.15, 0.2) is 18.2 Å². The van der Waals surface area contributed by atoms with Gasteiger partial charge in [0, 0.05) is 19.2 Å². The normalized spacial score (nSPS) is 25.2. The lowest BCUT2D eigenvalue weighted by molar-refractivity contribution is -0.149. The Balaban J connectivity index is 0.00000261. The van der Waals surface area contributed by atoms with Crippen molar-refractivity contribution in [2.45, 2.75) is 32.2 Å². The van der Waals surface area contributed by atoms with Gasteiger partial charge in [0.1, 0.15) is 11.5 Å². The van der Waals surface area contributed by atoms with Gasteiger partial charge in [0.05, 0.1) is 31.4 Å². The zero-order valence-electron chi connectivity index (χ0n) is 15.9. The average molecular weight is 399 g/mol. The van der Waals surface area contributed by atoms with E-state index < -0.39 is 17.4 Å². The molecule has 27 heavy (non-hydrogen) atoms. The number of carboxylic acids is 1. The summed E-state index contributed by atoms with van der Waals surface area (Å²) in [6, 6.07) is 4.78. The standard InChI is InChI=1S/C19H26N2O5.ClH/c1-12(21-10-13-5-4-8-19(13,11-21)18(23)24)17(22)20-15-9-14(25-2)6-7-16(15)26-3;/h6-7,9,12-13H,4-5,8,10-11H2,1-3H3,(H,20,22)(H,23,24);1H/t12?,13-,19+;/m0./s1. The van der Waals surface area contributed by atoms with Crippen molar-refractivity contribution in [2.75, 3.05) is 32.6 Å². The minimum absolute atomic E-state index is 0. The molecule has 2 aliphatic rings. The lowest BCUT2D eigenvalue weighted by atomic mass is 9.81. The molecule has 1 saturated heterocycles. The van der Waals surface area contributed by atoms with Gasteiger partial charge in [-0.1, -0.05) is 6.42 Å². The molecule has 7 nitrogen and oxygen atoms in total. The largest absolute Gasteiger partial charge is 0.497 e. The van der Waals surface area contributed by atoms with Crippen molar-refractivity contribution in [3.63, 3.8) is 0 Å². The van der Waals surface area contributed by atoms with Gasteiger partial charge in [-0.15, -0.1) is 12.4 Å². The van der Waals surface area contributed by atoms with Crippen LogP contribution in [0, 0.1) is 11.3 Å². The summed E-state index contributed by atoms with van der Waals surface area (Å²) in [4.78, 5) is 26.6. The number of hydrogen-bond acceptors (Lipinski definition) is 5. The summed E-state index contributed by atoms with van der Waals surface area (Å²) in [5.74, 6) is 0.379. The van der Waals surface area contributed by atoms with Crippen molar-refractivity contribution in [3.05, 3.63) is 18.2 Å². The highest BCUT2D eigenvalue weighted by Gasteiger charge is 2.55. The lowest BCUT2D eigenvalue weighted by Gasteiger charge is -2.26. The number of likely N-dealkylation sites (tertiary alicyclic amines) is 1. The summed E-state index contributed by atoms with van der Waals surface area (Å²) in [7, 11) is 3.10. The van der Waals surface area contributed by atoms with Gasteiger partial charge in [0.2, 0.25) is 5.91 Å². The number of ether oxygens (including phenoxy) is 2. The molecule has 1 aromatic carbocycles. The van der Waals surface area contributed by atoms with E-state index in [9.17, 15) is 14.7 Å². The van der Waals surface area contributed by atoms with E-state index in [0.29, 0.717) is 36.7 Å². The first-order valence-electron chi connectivity index (χ1n) is 8.91. The predicted molar refractivity (Wildman–Crippen MR) is 104 cm³/mol. The van der Waals surface area contributed by atoms with E-state index >= 15 is 0 Å². The van der Waals surface area contributed by atoms with E-state index in [0.717, 1.165) is 12.8 Å². The molecule has 1 saturated carbocycles. The molecule has 0 radical (unpaired) electrons. The number of rotatable bonds is 6. The summed E-state index contributed by atoms with van der Waals surface area (Å²) in [6.45, 7) is 2.89. The number of halogens is 1. The highest BCUT2D eigenvalue weighted by molar-refractivity contribution is 5.96. The van der Waals surface area contributed by atoms with Gasteiger partial charge in [-0.05, 0) is 37.8 Å². The van der Waals surface area contributed by atoms with Crippen LogP contribution in [0.3, 0.4) is 0 Å². The highest BCUT2D eigenvalue weighted by atomic mass is 35.5. The molecular formula is C19H27ClN2O5. The van der Waals surface area contributed by atoms with Gasteiger partial charge in [-0.2, -0.15) is 0 Å². The van der Waals surface area contributed by atoms with E-state index in [-0.39, 0.29) is 24.2 Å². The zero-order chi connectivity index (χ0) is 18.9. The fourth-order valence-electron chi connectivity index (χ4n) is 4.29. The second-order valence-electron chi connectivity index (χ2n) is 7.21. The van der Waals surface area contributed by atoms with Crippen molar-refractivity contribution in [1.29, 1.82) is 0 Å². The smallest absolute Gasteiger partial charge is 0.311 e. The monoisotopic (exact) mass is 398 g/mol. The second kappa shape index (κ2) is 8.35. The van der Waals surface area contributed by atoms with E-state index in [1.165, 1.54) is 0 Å². The summed E-state index contributed by atoms with van der Waals surface area (Å²) < 4.78 is 10.5. The van der Waals surface area contributed by atoms with Gasteiger partial charge in [-0.3, -0.25) is 14.5 Å². The van der Waals surface area contributed by atoms with Crippen LogP contribution in [0.4, 0.5) is 5.69 Å². The van der Waals surface area contributed by atoms with Gasteiger partial charge < -0.3 is 19.9 Å². The molecule has 1 amide bonds. The van der Waals surface area contributed by atoms with Crippen molar-refractivity contribution in [3.8, 4) is 11.5 Å². The first kappa shape index (κ1) is 21.3. The molecule has 0 spiro atoms. The molecule has 0 aromatic heterocycles. The Morgan fingerprint density at radius 2 is 2.07 bits per heavy atom. The Hall–Kier alpha value is -1.99. The summed E-state index contributed by atoms with van der Waals surface area (Å²) in [5, 5.41) is 12.6. The fourth-order valence-corrected chi connectivity index (χ4v) is 4.29. The van der Waals surface area contributed by atoms with Crippen LogP contribution in [0.2, 0.25) is 0 Å². The number of carbonyl (C=O) groups excluding carboxylic acids is 1. The highest BCUT2D eigenvalue weighted by Crippen LogP contribution is 2.49. The number of hydrogen-bond donors (Lipinski definition) is 2. The molecule has 2 fully saturated rings. The number of carbonyl (C=O) groups is 2. The molecular weight excluding hydrogens is 372 g/mol. The molecule has 1 heterocycles. The van der Waals surface area contributed by atoms with E-state index in [1.807, 2.05) is 11.8 Å². The topological polar surface area (TPSA) is 88.1 Å². The number of carboxylic acid groups (broad SMARTS) is 1. The molecule has 3 rings (SSSR count). The lowest BCUT2D eigenvalue weighted by Crippen LogP contribution is -2.43. The quantitative estimate of drug-likeness (QED) is 0.765. The molecule has 2 N–H and O–H groups in total. The third-order valence-corrected chi connectivity index (χ3v) is 5.91. The van der Waals surface area contributed by atoms with Crippen molar-refractivity contribution in [2.24, 2.45) is 11.3 Å². The SMILES string of the molecule is COc1ccc(OC)c(NC(=O)C(C)N2C[C@@H]3CCC[C@@]3(C(=O)O)C2)c1.Cl. The number of benzene rings is 1. The molecule has 1 aliphatic heterocycles. The van der Waals surface area contributed by atoms with Gasteiger partial charge in [0.15, 0.2) is 0 Å². The number of nitrogens with zero attached hydrogens (tertiary/aromatic N) is 1. The van der Waals surface area contributed by atoms with Crippen molar-refractivity contribution in [1.82, 2.24) is 4.90 Å². The third-order valence-electron chi connectivity index (χ3n) is 5.91. The van der Waals surface area contributed by atoms with Crippen LogP contribution in [-0.4, -0.2) is 55.2 Å². The average Bonchev–Trinajstić information content (AvgIpc) is 3.19. The maximum Gasteiger partial charge on any atom is 0.311 e. The fraction of sp³-hybridized carbons (Fsp3) is 0.579. The minimum atomic E-state index is -0.732. The van der Waals surface area contributed by atoms with E-state index in [1.54, 1.807) is 32.4 Å². The zero-order valence-corrected chi connectivity index (χ0v) is 16.7. The number of amides is 1. The van der Waals surface area contributed by atoms with Crippen LogP contribution >= 0.6 is 12.4 Å². The van der Waals surface area contributed by atoms with Crippen LogP contribution in [0.1, 0.15) is 26.2 Å². The number of anilines is 1. The van der Waals surface area contributed by atoms with Crippen LogP contribution in [-0.2, 0) is 9.59 Å². The predicted octanol–water partition coefficient (Wildman–Crippen LogP) is 2.64. The Labute approximate surface area is 165 Å². The second-order valence-corrected chi connectivity index (χ2v) is 7.21. The summed E-state index contributed by atoms with van der Waals surface area (Å²) in [6.07, 6.45) is 2.56. The summed E-state index contributed by atoms with van der Waals surface area (Å²) in [5.41, 5.74) is -0.154. The molecule has 1 aliphatic carbocycles. The molecule has 150 valence electrons. The summed E-state index contributed by atoms with van der Waals surface area (Å²) >= 11 is 0. The van der Waals surface area contributed by atoms with Crippen LogP contribution in [0.5, 0.6) is 11.5 Å². The van der Waals surface area contributed by atoms with Gasteiger partial charge >= 0.3 is 5.97 Å². The molecule has 0 bridgehead atoms. The van der Waals surface area contributed by atoms with E-state index in [2.05, 4.69) is 5.32 Å². The molecule has 8 heteroatoms. The van der Waals surface area contributed by atoms with Crippen LogP contribution < -0.4 is 14.8 Å². The van der Waals surface area contributed by atoms with E-state index in [4.69, 9.17) is 9.47 Å². The van der Waals surface area contributed by atoms with Gasteiger partial charge in [-0.25, -0.2) is 0 Å². The minimum Gasteiger partial charge on any atom is -0.497 e. The Morgan fingerprint density at radius 1 is 1.33 bits per heavy atom.